The fourth-order valence-corrected chi connectivity index (χ4v) is 3.06. The topological polar surface area (TPSA) is 80.1 Å². The van der Waals surface area contributed by atoms with Crippen molar-refractivity contribution in [1.29, 1.82) is 0 Å². The van der Waals surface area contributed by atoms with Crippen LogP contribution in [0.5, 0.6) is 0 Å². The first-order valence-electron chi connectivity index (χ1n) is 7.13. The summed E-state index contributed by atoms with van der Waals surface area (Å²) in [4.78, 5) is 25.5. The number of amides is 2. The molecule has 1 N–H and O–H groups in total. The predicted octanol–water partition coefficient (Wildman–Crippen LogP) is -0.205. The van der Waals surface area contributed by atoms with E-state index in [0.29, 0.717) is 25.3 Å². The van der Waals surface area contributed by atoms with Crippen LogP contribution in [0.3, 0.4) is 0 Å². The molecule has 2 unspecified atom stereocenters. The zero-order valence-electron chi connectivity index (χ0n) is 11.4. The Morgan fingerprint density at radius 1 is 1.45 bits per heavy atom. The summed E-state index contributed by atoms with van der Waals surface area (Å²) in [5, 5.41) is 10.6. The molecule has 1 aromatic heterocycles. The third-order valence-electron chi connectivity index (χ3n) is 4.20. The Bertz CT molecular complexity index is 487. The number of aryl methyl sites for hydroxylation is 1. The first-order valence-corrected chi connectivity index (χ1v) is 7.13. The zero-order chi connectivity index (χ0) is 13.9. The third-order valence-corrected chi connectivity index (χ3v) is 4.20. The number of piperidine rings is 2. The van der Waals surface area contributed by atoms with Crippen molar-refractivity contribution in [2.45, 2.75) is 38.3 Å². The van der Waals surface area contributed by atoms with Crippen LogP contribution in [0.2, 0.25) is 0 Å². The van der Waals surface area contributed by atoms with E-state index < -0.39 is 0 Å². The molecular weight excluding hydrogens is 258 g/mol. The molecule has 7 heteroatoms. The molecule has 2 fully saturated rings. The maximum absolute atomic E-state index is 12.2. The van der Waals surface area contributed by atoms with E-state index in [1.54, 1.807) is 17.1 Å². The second-order valence-corrected chi connectivity index (χ2v) is 5.52. The lowest BCUT2D eigenvalue weighted by Crippen LogP contribution is -2.55. The Labute approximate surface area is 117 Å². The smallest absolute Gasteiger partial charge is 0.224 e. The monoisotopic (exact) mass is 277 g/mol. The number of fused-ring (bicyclic) bond motifs is 1. The average molecular weight is 277 g/mol. The van der Waals surface area contributed by atoms with Crippen molar-refractivity contribution in [3.05, 3.63) is 12.4 Å². The molecule has 0 saturated carbocycles. The summed E-state index contributed by atoms with van der Waals surface area (Å²) < 4.78 is 1.67. The number of aromatic nitrogens is 3. The van der Waals surface area contributed by atoms with E-state index in [-0.39, 0.29) is 17.9 Å². The van der Waals surface area contributed by atoms with Gasteiger partial charge in [-0.3, -0.25) is 14.3 Å². The van der Waals surface area contributed by atoms with Gasteiger partial charge in [0.05, 0.1) is 12.7 Å². The molecule has 20 heavy (non-hydrogen) atoms. The van der Waals surface area contributed by atoms with Crippen LogP contribution in [-0.2, 0) is 16.1 Å². The van der Waals surface area contributed by atoms with Gasteiger partial charge in [-0.2, -0.15) is 0 Å². The fraction of sp³-hybridized carbons (Fsp3) is 0.692. The van der Waals surface area contributed by atoms with Crippen LogP contribution in [0.4, 0.5) is 0 Å². The molecule has 3 rings (SSSR count). The number of carbonyl (C=O) groups is 2. The fourth-order valence-electron chi connectivity index (χ4n) is 3.06. The highest BCUT2D eigenvalue weighted by Gasteiger charge is 2.34. The van der Waals surface area contributed by atoms with Crippen molar-refractivity contribution in [3.8, 4) is 0 Å². The molecule has 1 aromatic rings. The summed E-state index contributed by atoms with van der Waals surface area (Å²) in [6.45, 7) is 2.07. The minimum Gasteiger partial charge on any atom is -0.353 e. The van der Waals surface area contributed by atoms with Gasteiger partial charge in [-0.25, -0.2) is 0 Å². The van der Waals surface area contributed by atoms with Crippen molar-refractivity contribution < 1.29 is 9.59 Å². The van der Waals surface area contributed by atoms with Crippen LogP contribution in [0.1, 0.15) is 25.7 Å². The van der Waals surface area contributed by atoms with E-state index in [1.165, 1.54) is 0 Å². The molecule has 3 heterocycles. The van der Waals surface area contributed by atoms with Crippen LogP contribution in [-0.4, -0.2) is 50.8 Å². The Hall–Kier alpha value is -1.92. The summed E-state index contributed by atoms with van der Waals surface area (Å²) in [5.74, 6) is 0.727. The molecule has 0 radical (unpaired) electrons. The highest BCUT2D eigenvalue weighted by molar-refractivity contribution is 5.78. The maximum atomic E-state index is 12.2. The number of likely N-dealkylation sites (tertiary alicyclic amines) is 1. The molecule has 0 aliphatic carbocycles. The second kappa shape index (κ2) is 5.60. The molecule has 2 saturated heterocycles. The minimum absolute atomic E-state index is 0.150. The molecule has 7 nitrogen and oxygen atoms in total. The number of nitrogens with zero attached hydrogens (tertiary/aromatic N) is 4. The van der Waals surface area contributed by atoms with E-state index in [4.69, 9.17) is 0 Å². The van der Waals surface area contributed by atoms with Gasteiger partial charge in [-0.05, 0) is 18.8 Å². The summed E-state index contributed by atoms with van der Waals surface area (Å²) >= 11 is 0. The van der Waals surface area contributed by atoms with E-state index in [2.05, 4.69) is 15.6 Å². The SMILES string of the molecule is O=C1CCC2CN(C(=O)CCn3ccnn3)CCC2N1. The van der Waals surface area contributed by atoms with Gasteiger partial charge in [-0.1, -0.05) is 5.21 Å². The van der Waals surface area contributed by atoms with Crippen molar-refractivity contribution in [2.24, 2.45) is 5.92 Å². The van der Waals surface area contributed by atoms with E-state index in [0.717, 1.165) is 25.9 Å². The highest BCUT2D eigenvalue weighted by Crippen LogP contribution is 2.25. The van der Waals surface area contributed by atoms with E-state index >= 15 is 0 Å². The first kappa shape index (κ1) is 13.1. The van der Waals surface area contributed by atoms with Gasteiger partial charge in [0.2, 0.25) is 11.8 Å². The van der Waals surface area contributed by atoms with E-state index in [9.17, 15) is 9.59 Å². The first-order chi connectivity index (χ1) is 9.72. The predicted molar refractivity (Wildman–Crippen MR) is 70.5 cm³/mol. The highest BCUT2D eigenvalue weighted by atomic mass is 16.2. The molecule has 2 atom stereocenters. The van der Waals surface area contributed by atoms with Gasteiger partial charge in [0.15, 0.2) is 0 Å². The lowest BCUT2D eigenvalue weighted by molar-refractivity contribution is -0.135. The van der Waals surface area contributed by atoms with Crippen LogP contribution < -0.4 is 5.32 Å². The van der Waals surface area contributed by atoms with Gasteiger partial charge in [0, 0.05) is 38.2 Å². The molecule has 108 valence electrons. The number of hydrogen-bond donors (Lipinski definition) is 1. The van der Waals surface area contributed by atoms with Crippen molar-refractivity contribution in [1.82, 2.24) is 25.2 Å². The molecule has 0 bridgehead atoms. The minimum atomic E-state index is 0.150. The Morgan fingerprint density at radius 3 is 3.15 bits per heavy atom. The molecule has 0 aromatic carbocycles. The van der Waals surface area contributed by atoms with Crippen molar-refractivity contribution >= 4 is 11.8 Å². The quantitative estimate of drug-likeness (QED) is 0.829. The number of nitrogens with one attached hydrogen (secondary N) is 1. The zero-order valence-corrected chi connectivity index (χ0v) is 11.4. The lowest BCUT2D eigenvalue weighted by atomic mass is 9.85. The number of rotatable bonds is 3. The summed E-state index contributed by atoms with van der Waals surface area (Å²) in [6.07, 6.45) is 6.17. The Morgan fingerprint density at radius 2 is 2.35 bits per heavy atom. The standard InChI is InChI=1S/C13H19N5O2/c19-12-2-1-10-9-17(6-3-11(10)15-12)13(20)4-7-18-8-5-14-16-18/h5,8,10-11H,1-4,6-7,9H2,(H,15,19). The molecular formula is C13H19N5O2. The maximum Gasteiger partial charge on any atom is 0.224 e. The largest absolute Gasteiger partial charge is 0.353 e. The van der Waals surface area contributed by atoms with E-state index in [1.807, 2.05) is 4.90 Å². The molecule has 0 spiro atoms. The average Bonchev–Trinajstić information content (AvgIpc) is 2.97. The molecule has 2 aliphatic rings. The number of hydrogen-bond acceptors (Lipinski definition) is 4. The Balaban J connectivity index is 1.51. The van der Waals surface area contributed by atoms with Crippen LogP contribution in [0, 0.1) is 5.92 Å². The normalized spacial score (nSPS) is 26.0. The van der Waals surface area contributed by atoms with Crippen LogP contribution in [0.15, 0.2) is 12.4 Å². The van der Waals surface area contributed by atoms with Gasteiger partial charge in [0.1, 0.15) is 0 Å². The summed E-state index contributed by atoms with van der Waals surface area (Å²) in [5.41, 5.74) is 0. The van der Waals surface area contributed by atoms with Crippen LogP contribution in [0.25, 0.3) is 0 Å². The summed E-state index contributed by atoms with van der Waals surface area (Å²) in [6, 6.07) is 0.260. The van der Waals surface area contributed by atoms with Gasteiger partial charge in [0.25, 0.3) is 0 Å². The Kier molecular flexibility index (Phi) is 3.66. The second-order valence-electron chi connectivity index (χ2n) is 5.52. The summed E-state index contributed by atoms with van der Waals surface area (Å²) in [7, 11) is 0. The van der Waals surface area contributed by atoms with Crippen molar-refractivity contribution in [3.63, 3.8) is 0 Å². The number of carbonyl (C=O) groups excluding carboxylic acids is 2. The molecule has 2 aliphatic heterocycles. The van der Waals surface area contributed by atoms with Gasteiger partial charge in [-0.15, -0.1) is 5.10 Å². The van der Waals surface area contributed by atoms with Crippen LogP contribution >= 0.6 is 0 Å². The third kappa shape index (κ3) is 2.81. The lowest BCUT2D eigenvalue weighted by Gasteiger charge is -2.41. The van der Waals surface area contributed by atoms with Gasteiger partial charge >= 0.3 is 0 Å². The van der Waals surface area contributed by atoms with Crippen molar-refractivity contribution in [2.75, 3.05) is 13.1 Å². The molecule has 2 amide bonds. The van der Waals surface area contributed by atoms with Gasteiger partial charge < -0.3 is 10.2 Å².